The Morgan fingerprint density at radius 3 is 2.44 bits per heavy atom. The molecule has 16 heavy (non-hydrogen) atoms. The lowest BCUT2D eigenvalue weighted by Crippen LogP contribution is -2.34. The molecule has 0 heterocycles. The number of halogens is 1. The Bertz CT molecular complexity index is 238. The molecule has 2 saturated carbocycles. The number of hydrogen-bond donors (Lipinski definition) is 1. The Labute approximate surface area is 103 Å². The van der Waals surface area contributed by atoms with Crippen molar-refractivity contribution >= 4 is 17.5 Å². The molecule has 1 amide bonds. The maximum atomic E-state index is 11.9. The van der Waals surface area contributed by atoms with Crippen LogP contribution >= 0.6 is 11.6 Å². The average molecular weight is 244 g/mol. The highest BCUT2D eigenvalue weighted by molar-refractivity contribution is 6.18. The Kier molecular flexibility index (Phi) is 4.51. The molecule has 0 aliphatic heterocycles. The van der Waals surface area contributed by atoms with Crippen LogP contribution in [0, 0.1) is 17.8 Å². The van der Waals surface area contributed by atoms with Crippen LogP contribution in [0.5, 0.6) is 0 Å². The highest BCUT2D eigenvalue weighted by atomic mass is 35.5. The molecule has 2 unspecified atom stereocenters. The third kappa shape index (κ3) is 2.91. The molecule has 1 N–H and O–H groups in total. The van der Waals surface area contributed by atoms with Crippen molar-refractivity contribution in [2.45, 2.75) is 44.9 Å². The van der Waals surface area contributed by atoms with Gasteiger partial charge in [-0.15, -0.1) is 11.6 Å². The van der Waals surface area contributed by atoms with Gasteiger partial charge in [0.2, 0.25) is 5.91 Å². The lowest BCUT2D eigenvalue weighted by atomic mass is 9.97. The minimum Gasteiger partial charge on any atom is -0.356 e. The number of alkyl halides is 1. The van der Waals surface area contributed by atoms with Gasteiger partial charge in [-0.05, 0) is 37.5 Å². The number of nitrogens with one attached hydrogen (secondary N) is 1. The summed E-state index contributed by atoms with van der Waals surface area (Å²) >= 11 is 5.93. The zero-order valence-corrected chi connectivity index (χ0v) is 10.6. The normalized spacial score (nSPS) is 30.8. The molecular weight excluding hydrogens is 222 g/mol. The molecule has 0 aromatic heterocycles. The molecule has 0 bridgehead atoms. The summed E-state index contributed by atoms with van der Waals surface area (Å²) in [5.41, 5.74) is 0. The van der Waals surface area contributed by atoms with E-state index in [1.165, 1.54) is 32.1 Å². The molecule has 2 aliphatic rings. The van der Waals surface area contributed by atoms with Gasteiger partial charge in [-0.1, -0.05) is 19.3 Å². The summed E-state index contributed by atoms with van der Waals surface area (Å²) in [5.74, 6) is 2.60. The van der Waals surface area contributed by atoms with E-state index in [2.05, 4.69) is 5.32 Å². The molecule has 0 aromatic carbocycles. The van der Waals surface area contributed by atoms with Crippen molar-refractivity contribution in [3.8, 4) is 0 Å². The molecule has 0 saturated heterocycles. The van der Waals surface area contributed by atoms with Gasteiger partial charge in [-0.3, -0.25) is 4.79 Å². The fourth-order valence-electron chi connectivity index (χ4n) is 3.15. The van der Waals surface area contributed by atoms with Crippen LogP contribution in [0.1, 0.15) is 44.9 Å². The average Bonchev–Trinajstić information content (AvgIpc) is 2.96. The molecule has 2 fully saturated rings. The standard InChI is InChI=1S/C13H22ClNO/c14-8-11-6-3-7-12(11)9-15-13(16)10-4-1-2-5-10/h10-12H,1-9H2,(H,15,16). The van der Waals surface area contributed by atoms with E-state index >= 15 is 0 Å². The predicted octanol–water partition coefficient (Wildman–Crippen LogP) is 2.95. The Morgan fingerprint density at radius 2 is 1.75 bits per heavy atom. The van der Waals surface area contributed by atoms with Gasteiger partial charge in [-0.25, -0.2) is 0 Å². The van der Waals surface area contributed by atoms with E-state index in [4.69, 9.17) is 11.6 Å². The van der Waals surface area contributed by atoms with Crippen molar-refractivity contribution < 1.29 is 4.79 Å². The van der Waals surface area contributed by atoms with Gasteiger partial charge in [0.1, 0.15) is 0 Å². The minimum absolute atomic E-state index is 0.290. The molecule has 92 valence electrons. The molecule has 0 spiro atoms. The van der Waals surface area contributed by atoms with Gasteiger partial charge < -0.3 is 5.32 Å². The monoisotopic (exact) mass is 243 g/mol. The minimum atomic E-state index is 0.290. The van der Waals surface area contributed by atoms with Gasteiger partial charge in [0.25, 0.3) is 0 Å². The molecule has 3 heteroatoms. The van der Waals surface area contributed by atoms with E-state index in [1.807, 2.05) is 0 Å². The summed E-state index contributed by atoms with van der Waals surface area (Å²) < 4.78 is 0. The summed E-state index contributed by atoms with van der Waals surface area (Å²) in [5, 5.41) is 3.13. The van der Waals surface area contributed by atoms with Crippen molar-refractivity contribution in [3.05, 3.63) is 0 Å². The summed E-state index contributed by atoms with van der Waals surface area (Å²) in [6.07, 6.45) is 8.40. The van der Waals surface area contributed by atoms with Gasteiger partial charge in [0, 0.05) is 18.3 Å². The molecule has 2 atom stereocenters. The van der Waals surface area contributed by atoms with Crippen LogP contribution in [0.25, 0.3) is 0 Å². The van der Waals surface area contributed by atoms with Crippen molar-refractivity contribution in [1.29, 1.82) is 0 Å². The second-order valence-electron chi connectivity index (χ2n) is 5.33. The second kappa shape index (κ2) is 5.90. The number of amides is 1. The largest absolute Gasteiger partial charge is 0.356 e. The highest BCUT2D eigenvalue weighted by Crippen LogP contribution is 2.32. The third-order valence-corrected chi connectivity index (χ3v) is 4.68. The molecule has 0 radical (unpaired) electrons. The number of hydrogen-bond acceptors (Lipinski definition) is 1. The molecule has 2 aliphatic carbocycles. The van der Waals surface area contributed by atoms with Crippen LogP contribution < -0.4 is 5.32 Å². The quantitative estimate of drug-likeness (QED) is 0.756. The van der Waals surface area contributed by atoms with Crippen molar-refractivity contribution in [3.63, 3.8) is 0 Å². The lowest BCUT2D eigenvalue weighted by Gasteiger charge is -2.19. The maximum Gasteiger partial charge on any atom is 0.223 e. The van der Waals surface area contributed by atoms with E-state index in [0.717, 1.165) is 25.3 Å². The fourth-order valence-corrected chi connectivity index (χ4v) is 3.56. The van der Waals surface area contributed by atoms with E-state index in [9.17, 15) is 4.79 Å². The zero-order valence-electron chi connectivity index (χ0n) is 9.88. The second-order valence-corrected chi connectivity index (χ2v) is 5.64. The number of rotatable bonds is 4. The smallest absolute Gasteiger partial charge is 0.223 e. The Morgan fingerprint density at radius 1 is 1.06 bits per heavy atom. The van der Waals surface area contributed by atoms with Gasteiger partial charge in [0.15, 0.2) is 0 Å². The van der Waals surface area contributed by atoms with Crippen molar-refractivity contribution in [1.82, 2.24) is 5.32 Å². The zero-order chi connectivity index (χ0) is 11.4. The molecule has 2 nitrogen and oxygen atoms in total. The lowest BCUT2D eigenvalue weighted by molar-refractivity contribution is -0.125. The Balaban J connectivity index is 1.71. The summed E-state index contributed by atoms with van der Waals surface area (Å²) in [4.78, 5) is 11.9. The number of carbonyl (C=O) groups excluding carboxylic acids is 1. The summed E-state index contributed by atoms with van der Waals surface area (Å²) in [7, 11) is 0. The van der Waals surface area contributed by atoms with Crippen LogP contribution in [0.3, 0.4) is 0 Å². The van der Waals surface area contributed by atoms with E-state index in [1.54, 1.807) is 0 Å². The van der Waals surface area contributed by atoms with Crippen LogP contribution in [-0.2, 0) is 4.79 Å². The first-order chi connectivity index (χ1) is 7.81. The van der Waals surface area contributed by atoms with Crippen LogP contribution in [0.4, 0.5) is 0 Å². The van der Waals surface area contributed by atoms with Gasteiger partial charge >= 0.3 is 0 Å². The highest BCUT2D eigenvalue weighted by Gasteiger charge is 2.28. The van der Waals surface area contributed by atoms with Crippen molar-refractivity contribution in [2.24, 2.45) is 17.8 Å². The topological polar surface area (TPSA) is 29.1 Å². The van der Waals surface area contributed by atoms with Crippen LogP contribution in [0.2, 0.25) is 0 Å². The number of carbonyl (C=O) groups is 1. The molecular formula is C13H22ClNO. The summed E-state index contributed by atoms with van der Waals surface area (Å²) in [6.45, 7) is 0.854. The predicted molar refractivity (Wildman–Crippen MR) is 66.5 cm³/mol. The SMILES string of the molecule is O=C(NCC1CCCC1CCl)C1CCCC1. The van der Waals surface area contributed by atoms with E-state index in [0.29, 0.717) is 17.8 Å². The maximum absolute atomic E-state index is 11.9. The van der Waals surface area contributed by atoms with Gasteiger partial charge in [0.05, 0.1) is 0 Å². The van der Waals surface area contributed by atoms with Gasteiger partial charge in [-0.2, -0.15) is 0 Å². The van der Waals surface area contributed by atoms with Crippen LogP contribution in [-0.4, -0.2) is 18.3 Å². The van der Waals surface area contributed by atoms with Crippen LogP contribution in [0.15, 0.2) is 0 Å². The first-order valence-electron chi connectivity index (χ1n) is 6.65. The first-order valence-corrected chi connectivity index (χ1v) is 7.18. The van der Waals surface area contributed by atoms with E-state index < -0.39 is 0 Å². The fraction of sp³-hybridized carbons (Fsp3) is 0.923. The molecule has 0 aromatic rings. The Hall–Kier alpha value is -0.240. The summed E-state index contributed by atoms with van der Waals surface area (Å²) in [6, 6.07) is 0. The third-order valence-electron chi connectivity index (χ3n) is 4.28. The first kappa shape index (κ1) is 12.2. The van der Waals surface area contributed by atoms with E-state index in [-0.39, 0.29) is 5.91 Å². The van der Waals surface area contributed by atoms with Crippen molar-refractivity contribution in [2.75, 3.05) is 12.4 Å². The molecule has 2 rings (SSSR count).